The third-order valence-corrected chi connectivity index (χ3v) is 6.41. The first-order valence-electron chi connectivity index (χ1n) is 13.6. The van der Waals surface area contributed by atoms with Crippen LogP contribution in [0.3, 0.4) is 0 Å². The van der Waals surface area contributed by atoms with E-state index in [1.54, 1.807) is 0 Å². The third kappa shape index (κ3) is 21.0. The topological polar surface area (TPSA) is 66.8 Å². The Morgan fingerprint density at radius 1 is 0.581 bits per heavy atom. The summed E-state index contributed by atoms with van der Waals surface area (Å²) in [6.45, 7) is 2.28. The lowest BCUT2D eigenvalue weighted by atomic mass is 10.0. The molecule has 2 N–H and O–H groups in total. The molecule has 0 rings (SSSR count). The largest absolute Gasteiger partial charge is 0.467 e. The molecular weight excluding hydrogens is 388 g/mol. The smallest absolute Gasteiger partial charge is 0.337 e. The zero-order valence-corrected chi connectivity index (χ0v) is 20.9. The van der Waals surface area contributed by atoms with Gasteiger partial charge in [0.25, 0.3) is 0 Å². The van der Waals surface area contributed by atoms with E-state index in [4.69, 9.17) is 0 Å². The Hall–Kier alpha value is -0.610. The van der Waals surface area contributed by atoms with Gasteiger partial charge in [-0.05, 0) is 6.42 Å². The summed E-state index contributed by atoms with van der Waals surface area (Å²) in [6, 6.07) is 0. The van der Waals surface area contributed by atoms with E-state index in [0.29, 0.717) is 6.42 Å². The van der Waals surface area contributed by atoms with Gasteiger partial charge >= 0.3 is 5.97 Å². The number of unbranched alkanes of at least 4 members (excludes halogenated alkanes) is 20. The maximum absolute atomic E-state index is 11.1. The molecule has 0 amide bonds. The molecule has 0 aromatic rings. The molecule has 0 radical (unpaired) electrons. The summed E-state index contributed by atoms with van der Waals surface area (Å²) < 4.78 is 4.43. The molecule has 0 spiro atoms. The second-order valence-electron chi connectivity index (χ2n) is 9.40. The van der Waals surface area contributed by atoms with Crippen LogP contribution >= 0.6 is 0 Å². The molecule has 4 nitrogen and oxygen atoms in total. The van der Waals surface area contributed by atoms with E-state index in [1.807, 2.05) is 0 Å². The molecule has 4 heteroatoms. The fraction of sp³-hybridized carbons (Fsp3) is 0.963. The van der Waals surface area contributed by atoms with Crippen molar-refractivity contribution in [2.75, 3.05) is 7.11 Å². The van der Waals surface area contributed by atoms with Gasteiger partial charge in [0.05, 0.1) is 13.2 Å². The van der Waals surface area contributed by atoms with Crippen LogP contribution in [0, 0.1) is 0 Å². The second-order valence-corrected chi connectivity index (χ2v) is 9.40. The summed E-state index contributed by atoms with van der Waals surface area (Å²) in [5, 5.41) is 19.3. The highest BCUT2D eigenvalue weighted by molar-refractivity contribution is 5.74. The molecule has 0 saturated heterocycles. The number of hydrogen-bond acceptors (Lipinski definition) is 4. The van der Waals surface area contributed by atoms with Crippen molar-refractivity contribution in [1.82, 2.24) is 0 Å². The number of hydrogen-bond donors (Lipinski definition) is 2. The molecule has 186 valence electrons. The van der Waals surface area contributed by atoms with Crippen molar-refractivity contribution in [3.05, 3.63) is 0 Å². The number of rotatable bonds is 24. The summed E-state index contributed by atoms with van der Waals surface area (Å²) in [4.78, 5) is 11.1. The summed E-state index contributed by atoms with van der Waals surface area (Å²) in [5.74, 6) is -0.754. The molecule has 2 atom stereocenters. The summed E-state index contributed by atoms with van der Waals surface area (Å²) in [6.07, 6.45) is 26.3. The van der Waals surface area contributed by atoms with E-state index in [1.165, 1.54) is 129 Å². The van der Waals surface area contributed by atoms with Crippen molar-refractivity contribution in [3.8, 4) is 0 Å². The minimum atomic E-state index is -1.41. The number of methoxy groups -OCH3 is 1. The predicted molar refractivity (Wildman–Crippen MR) is 131 cm³/mol. The Bertz CT molecular complexity index is 372. The van der Waals surface area contributed by atoms with Crippen molar-refractivity contribution in [2.24, 2.45) is 0 Å². The van der Waals surface area contributed by atoms with Gasteiger partial charge in [-0.3, -0.25) is 0 Å². The van der Waals surface area contributed by atoms with Crippen LogP contribution in [0.2, 0.25) is 0 Å². The number of carbonyl (C=O) groups is 1. The molecule has 0 aromatic carbocycles. The van der Waals surface area contributed by atoms with Crippen LogP contribution in [0.15, 0.2) is 0 Å². The lowest BCUT2D eigenvalue weighted by molar-refractivity contribution is -0.156. The Kier molecular flexibility index (Phi) is 23.6. The Morgan fingerprint density at radius 3 is 1.16 bits per heavy atom. The van der Waals surface area contributed by atoms with Crippen molar-refractivity contribution in [1.29, 1.82) is 0 Å². The van der Waals surface area contributed by atoms with E-state index in [9.17, 15) is 15.0 Å². The van der Waals surface area contributed by atoms with Gasteiger partial charge in [-0.15, -0.1) is 0 Å². The van der Waals surface area contributed by atoms with Crippen LogP contribution in [-0.4, -0.2) is 35.5 Å². The Balaban J connectivity index is 3.16. The fourth-order valence-corrected chi connectivity index (χ4v) is 4.22. The fourth-order valence-electron chi connectivity index (χ4n) is 4.22. The first-order valence-corrected chi connectivity index (χ1v) is 13.6. The molecule has 0 saturated carbocycles. The SMILES string of the molecule is CCCCCCCCCCCCCCCCCCCCCCCC(O)C(O)C(=O)OC. The minimum Gasteiger partial charge on any atom is -0.467 e. The van der Waals surface area contributed by atoms with Gasteiger partial charge in [0.2, 0.25) is 0 Å². The van der Waals surface area contributed by atoms with Crippen LogP contribution < -0.4 is 0 Å². The molecule has 0 aromatic heterocycles. The van der Waals surface area contributed by atoms with Crippen molar-refractivity contribution >= 4 is 5.97 Å². The van der Waals surface area contributed by atoms with Crippen molar-refractivity contribution < 1.29 is 19.7 Å². The quantitative estimate of drug-likeness (QED) is 0.120. The summed E-state index contributed by atoms with van der Waals surface area (Å²) in [5.41, 5.74) is 0. The van der Waals surface area contributed by atoms with E-state index >= 15 is 0 Å². The highest BCUT2D eigenvalue weighted by atomic mass is 16.5. The van der Waals surface area contributed by atoms with Gasteiger partial charge in [-0.1, -0.05) is 142 Å². The van der Waals surface area contributed by atoms with Gasteiger partial charge in [0.15, 0.2) is 6.10 Å². The van der Waals surface area contributed by atoms with Gasteiger partial charge in [-0.25, -0.2) is 4.79 Å². The van der Waals surface area contributed by atoms with Crippen molar-refractivity contribution in [3.63, 3.8) is 0 Å². The Morgan fingerprint density at radius 2 is 0.871 bits per heavy atom. The van der Waals surface area contributed by atoms with Crippen LogP contribution in [0.5, 0.6) is 0 Å². The highest BCUT2D eigenvalue weighted by Crippen LogP contribution is 2.15. The number of aliphatic hydroxyl groups is 2. The molecule has 0 fully saturated rings. The van der Waals surface area contributed by atoms with E-state index in [2.05, 4.69) is 11.7 Å². The summed E-state index contributed by atoms with van der Waals surface area (Å²) in [7, 11) is 1.22. The van der Waals surface area contributed by atoms with Crippen LogP contribution in [0.4, 0.5) is 0 Å². The maximum atomic E-state index is 11.1. The monoisotopic (exact) mass is 442 g/mol. The minimum absolute atomic E-state index is 0.454. The molecule has 0 heterocycles. The molecular formula is C27H54O4. The number of esters is 1. The van der Waals surface area contributed by atoms with Gasteiger partial charge in [-0.2, -0.15) is 0 Å². The number of ether oxygens (including phenoxy) is 1. The molecule has 0 aliphatic heterocycles. The van der Waals surface area contributed by atoms with Gasteiger partial charge < -0.3 is 14.9 Å². The van der Waals surface area contributed by atoms with E-state index < -0.39 is 18.2 Å². The van der Waals surface area contributed by atoms with Gasteiger partial charge in [0.1, 0.15) is 0 Å². The van der Waals surface area contributed by atoms with Crippen LogP contribution in [-0.2, 0) is 9.53 Å². The molecule has 31 heavy (non-hydrogen) atoms. The zero-order chi connectivity index (χ0) is 23.0. The molecule has 0 aliphatic carbocycles. The zero-order valence-electron chi connectivity index (χ0n) is 20.9. The summed E-state index contributed by atoms with van der Waals surface area (Å²) >= 11 is 0. The standard InChI is InChI=1S/C27H54O4/c1-3-4-5-6-7-8-9-10-11-12-13-14-15-16-17-18-19-20-21-22-23-24-25(28)26(29)27(30)31-2/h25-26,28-29H,3-24H2,1-2H3. The first kappa shape index (κ1) is 30.4. The maximum Gasteiger partial charge on any atom is 0.337 e. The number of aliphatic hydroxyl groups excluding tert-OH is 2. The molecule has 0 aliphatic rings. The van der Waals surface area contributed by atoms with E-state index in [-0.39, 0.29) is 0 Å². The average Bonchev–Trinajstić information content (AvgIpc) is 2.78. The van der Waals surface area contributed by atoms with Crippen LogP contribution in [0.25, 0.3) is 0 Å². The normalized spacial score (nSPS) is 13.3. The lowest BCUT2D eigenvalue weighted by Crippen LogP contribution is -2.34. The molecule has 2 unspecified atom stereocenters. The highest BCUT2D eigenvalue weighted by Gasteiger charge is 2.24. The predicted octanol–water partition coefficient (Wildman–Crippen LogP) is 7.48. The molecule has 0 bridgehead atoms. The number of carbonyl (C=O) groups excluding carboxylic acids is 1. The Labute approximate surface area is 193 Å². The third-order valence-electron chi connectivity index (χ3n) is 6.41. The van der Waals surface area contributed by atoms with Crippen molar-refractivity contribution in [2.45, 2.75) is 160 Å². The lowest BCUT2D eigenvalue weighted by Gasteiger charge is -2.15. The van der Waals surface area contributed by atoms with Gasteiger partial charge in [0, 0.05) is 0 Å². The second kappa shape index (κ2) is 24.0. The first-order chi connectivity index (χ1) is 15.1. The average molecular weight is 443 g/mol. The van der Waals surface area contributed by atoms with Crippen LogP contribution in [0.1, 0.15) is 148 Å². The van der Waals surface area contributed by atoms with E-state index in [0.717, 1.165) is 12.8 Å².